The number of likely N-dealkylation sites (tertiary alicyclic amines) is 1. The first kappa shape index (κ1) is 21.5. The van der Waals surface area contributed by atoms with Crippen LogP contribution in [0.4, 0.5) is 0 Å². The van der Waals surface area contributed by atoms with Crippen molar-refractivity contribution in [2.45, 2.75) is 26.3 Å². The van der Waals surface area contributed by atoms with Crippen LogP contribution in [0, 0.1) is 6.92 Å². The minimum Gasteiger partial charge on any atom is -0.467 e. The molecule has 1 saturated heterocycles. The number of ether oxygens (including phenoxy) is 1. The van der Waals surface area contributed by atoms with Gasteiger partial charge in [-0.25, -0.2) is 9.97 Å². The Labute approximate surface area is 187 Å². The third kappa shape index (κ3) is 4.61. The lowest BCUT2D eigenvalue weighted by molar-refractivity contribution is 0.0652. The van der Waals surface area contributed by atoms with E-state index in [4.69, 9.17) is 4.74 Å². The van der Waals surface area contributed by atoms with E-state index in [0.29, 0.717) is 11.1 Å². The molecule has 32 heavy (non-hydrogen) atoms. The normalized spacial score (nSPS) is 13.8. The Morgan fingerprint density at radius 1 is 1.00 bits per heavy atom. The van der Waals surface area contributed by atoms with Gasteiger partial charge in [-0.2, -0.15) is 0 Å². The zero-order valence-electron chi connectivity index (χ0n) is 18.5. The standard InChI is InChI=1S/C25H26N4O3/c1-16-5-7-18(8-6-16)19-11-20(13-21(12-19)24(31)29-9-4-10-29)23(30)28-17(2)22-14-26-25(32-3)27-15-22/h5-8,11-15,17H,4,9-10H2,1-3H3,(H,28,30)/t17-/m1/s1. The first-order valence-corrected chi connectivity index (χ1v) is 10.6. The van der Waals surface area contributed by atoms with Gasteiger partial charge in [0, 0.05) is 42.2 Å². The highest BCUT2D eigenvalue weighted by Gasteiger charge is 2.23. The number of benzene rings is 2. The van der Waals surface area contributed by atoms with Crippen molar-refractivity contribution in [1.82, 2.24) is 20.2 Å². The van der Waals surface area contributed by atoms with Gasteiger partial charge in [-0.15, -0.1) is 0 Å². The number of aromatic nitrogens is 2. The molecule has 1 aliphatic heterocycles. The van der Waals surface area contributed by atoms with Crippen molar-refractivity contribution in [2.24, 2.45) is 0 Å². The van der Waals surface area contributed by atoms with Gasteiger partial charge >= 0.3 is 6.01 Å². The number of nitrogens with zero attached hydrogens (tertiary/aromatic N) is 3. The zero-order valence-corrected chi connectivity index (χ0v) is 18.5. The van der Waals surface area contributed by atoms with Crippen molar-refractivity contribution in [3.8, 4) is 17.1 Å². The molecule has 0 aliphatic carbocycles. The molecular weight excluding hydrogens is 404 g/mol. The second-order valence-electron chi connectivity index (χ2n) is 8.01. The summed E-state index contributed by atoms with van der Waals surface area (Å²) in [5.41, 5.74) is 4.66. The van der Waals surface area contributed by atoms with Crippen LogP contribution in [0.3, 0.4) is 0 Å². The molecule has 7 nitrogen and oxygen atoms in total. The molecule has 3 aromatic rings. The lowest BCUT2D eigenvalue weighted by atomic mass is 9.97. The van der Waals surface area contributed by atoms with Crippen LogP contribution in [0.15, 0.2) is 54.9 Å². The van der Waals surface area contributed by atoms with Crippen molar-refractivity contribution in [2.75, 3.05) is 20.2 Å². The topological polar surface area (TPSA) is 84.4 Å². The van der Waals surface area contributed by atoms with Crippen LogP contribution in [0.2, 0.25) is 0 Å². The Kier molecular flexibility index (Phi) is 6.16. The number of carbonyl (C=O) groups excluding carboxylic acids is 2. The first-order chi connectivity index (χ1) is 15.4. The molecule has 0 saturated carbocycles. The zero-order chi connectivity index (χ0) is 22.7. The highest BCUT2D eigenvalue weighted by atomic mass is 16.5. The van der Waals surface area contributed by atoms with E-state index in [0.717, 1.165) is 41.8 Å². The van der Waals surface area contributed by atoms with Crippen LogP contribution in [0.25, 0.3) is 11.1 Å². The molecule has 0 bridgehead atoms. The molecule has 1 aliphatic rings. The summed E-state index contributed by atoms with van der Waals surface area (Å²) in [4.78, 5) is 36.0. The summed E-state index contributed by atoms with van der Waals surface area (Å²) < 4.78 is 4.99. The Balaban J connectivity index is 1.63. The fourth-order valence-corrected chi connectivity index (χ4v) is 3.52. The number of hydrogen-bond acceptors (Lipinski definition) is 5. The van der Waals surface area contributed by atoms with E-state index in [1.54, 1.807) is 23.4 Å². The summed E-state index contributed by atoms with van der Waals surface area (Å²) in [6, 6.07) is 13.4. The quantitative estimate of drug-likeness (QED) is 0.643. The second kappa shape index (κ2) is 9.18. The average Bonchev–Trinajstić information content (AvgIpc) is 2.78. The molecule has 0 unspecified atom stereocenters. The summed E-state index contributed by atoms with van der Waals surface area (Å²) in [6.45, 7) is 5.39. The number of nitrogens with one attached hydrogen (secondary N) is 1. The molecule has 1 N–H and O–H groups in total. The largest absolute Gasteiger partial charge is 0.467 e. The number of hydrogen-bond donors (Lipinski definition) is 1. The van der Waals surface area contributed by atoms with E-state index in [2.05, 4.69) is 15.3 Å². The van der Waals surface area contributed by atoms with Crippen LogP contribution in [-0.2, 0) is 0 Å². The fourth-order valence-electron chi connectivity index (χ4n) is 3.52. The first-order valence-electron chi connectivity index (χ1n) is 10.6. The van der Waals surface area contributed by atoms with E-state index >= 15 is 0 Å². The predicted octanol–water partition coefficient (Wildman–Crippen LogP) is 3.80. The lowest BCUT2D eigenvalue weighted by Crippen LogP contribution is -2.42. The second-order valence-corrected chi connectivity index (χ2v) is 8.01. The predicted molar refractivity (Wildman–Crippen MR) is 122 cm³/mol. The van der Waals surface area contributed by atoms with Crippen LogP contribution < -0.4 is 10.1 Å². The molecule has 4 rings (SSSR count). The minimum absolute atomic E-state index is 0.0455. The van der Waals surface area contributed by atoms with E-state index in [1.165, 1.54) is 7.11 Å². The SMILES string of the molecule is COc1ncc([C@@H](C)NC(=O)c2cc(C(=O)N3CCC3)cc(-c3ccc(C)cc3)c2)cn1. The number of amides is 2. The molecule has 2 amide bonds. The molecule has 164 valence electrons. The summed E-state index contributed by atoms with van der Waals surface area (Å²) in [6.07, 6.45) is 4.26. The van der Waals surface area contributed by atoms with Gasteiger partial charge < -0.3 is 15.0 Å². The molecule has 2 aromatic carbocycles. The van der Waals surface area contributed by atoms with Gasteiger partial charge in [0.15, 0.2) is 0 Å². The van der Waals surface area contributed by atoms with Crippen molar-refractivity contribution >= 4 is 11.8 Å². The van der Waals surface area contributed by atoms with Gasteiger partial charge in [0.05, 0.1) is 13.2 Å². The minimum atomic E-state index is -0.314. The van der Waals surface area contributed by atoms with Crippen LogP contribution in [0.5, 0.6) is 6.01 Å². The van der Waals surface area contributed by atoms with E-state index < -0.39 is 0 Å². The molecule has 2 heterocycles. The van der Waals surface area contributed by atoms with Gasteiger partial charge in [0.1, 0.15) is 0 Å². The average molecular weight is 431 g/mol. The lowest BCUT2D eigenvalue weighted by Gasteiger charge is -2.31. The van der Waals surface area contributed by atoms with Gasteiger partial charge in [-0.3, -0.25) is 9.59 Å². The summed E-state index contributed by atoms with van der Waals surface area (Å²) >= 11 is 0. The van der Waals surface area contributed by atoms with Crippen LogP contribution in [-0.4, -0.2) is 46.9 Å². The third-order valence-corrected chi connectivity index (χ3v) is 5.65. The summed E-state index contributed by atoms with van der Waals surface area (Å²) in [7, 11) is 1.50. The Hall–Kier alpha value is -3.74. The maximum absolute atomic E-state index is 13.1. The summed E-state index contributed by atoms with van der Waals surface area (Å²) in [5, 5.41) is 2.98. The number of methoxy groups -OCH3 is 1. The Bertz CT molecular complexity index is 1120. The maximum atomic E-state index is 13.1. The molecule has 1 fully saturated rings. The molecule has 1 atom stereocenters. The molecule has 0 spiro atoms. The van der Waals surface area contributed by atoms with Crippen molar-refractivity contribution in [3.63, 3.8) is 0 Å². The summed E-state index contributed by atoms with van der Waals surface area (Å²) in [5.74, 6) is -0.309. The number of aryl methyl sites for hydroxylation is 1. The van der Waals surface area contributed by atoms with E-state index in [-0.39, 0.29) is 23.9 Å². The van der Waals surface area contributed by atoms with Crippen LogP contribution >= 0.6 is 0 Å². The van der Waals surface area contributed by atoms with E-state index in [9.17, 15) is 9.59 Å². The highest BCUT2D eigenvalue weighted by molar-refractivity contribution is 6.01. The van der Waals surface area contributed by atoms with Gasteiger partial charge in [-0.1, -0.05) is 29.8 Å². The smallest absolute Gasteiger partial charge is 0.316 e. The molecular formula is C25H26N4O3. The van der Waals surface area contributed by atoms with Crippen molar-refractivity contribution in [1.29, 1.82) is 0 Å². The third-order valence-electron chi connectivity index (χ3n) is 5.65. The molecule has 1 aromatic heterocycles. The van der Waals surface area contributed by atoms with Crippen molar-refractivity contribution in [3.05, 3.63) is 77.1 Å². The highest BCUT2D eigenvalue weighted by Crippen LogP contribution is 2.25. The van der Waals surface area contributed by atoms with Gasteiger partial charge in [0.2, 0.25) is 0 Å². The molecule has 7 heteroatoms. The number of carbonyl (C=O) groups is 2. The van der Waals surface area contributed by atoms with Crippen LogP contribution in [0.1, 0.15) is 51.2 Å². The Morgan fingerprint density at radius 3 is 2.25 bits per heavy atom. The fraction of sp³-hybridized carbons (Fsp3) is 0.280. The van der Waals surface area contributed by atoms with E-state index in [1.807, 2.05) is 50.2 Å². The Morgan fingerprint density at radius 2 is 1.66 bits per heavy atom. The van der Waals surface area contributed by atoms with Gasteiger partial charge in [0.25, 0.3) is 11.8 Å². The monoisotopic (exact) mass is 430 g/mol. The maximum Gasteiger partial charge on any atom is 0.316 e. The van der Waals surface area contributed by atoms with Gasteiger partial charge in [-0.05, 0) is 49.6 Å². The van der Waals surface area contributed by atoms with Crippen molar-refractivity contribution < 1.29 is 14.3 Å². The molecule has 0 radical (unpaired) electrons. The number of rotatable bonds is 6.